The monoisotopic (exact) mass is 386 g/mol. The summed E-state index contributed by atoms with van der Waals surface area (Å²) in [5.74, 6) is -0.814. The number of aromatic amines is 1. The smallest absolute Gasteiger partial charge is 0.393 e. The summed E-state index contributed by atoms with van der Waals surface area (Å²) in [5, 5.41) is 0.636. The van der Waals surface area contributed by atoms with E-state index in [1.165, 1.54) is 26.2 Å². The first kappa shape index (κ1) is 19.2. The lowest BCUT2D eigenvalue weighted by Gasteiger charge is -2.33. The second-order valence-electron chi connectivity index (χ2n) is 6.42. The molecule has 1 atom stereocenters. The highest BCUT2D eigenvalue weighted by atomic mass is 19.4. The Bertz CT molecular complexity index is 847. The van der Waals surface area contributed by atoms with E-state index in [4.69, 9.17) is 14.2 Å². The normalized spacial score (nSPS) is 17.9. The van der Waals surface area contributed by atoms with Crippen LogP contribution in [0.15, 0.2) is 12.1 Å². The Kier molecular flexibility index (Phi) is 5.12. The van der Waals surface area contributed by atoms with Crippen molar-refractivity contribution in [3.05, 3.63) is 17.8 Å². The van der Waals surface area contributed by atoms with Crippen LogP contribution >= 0.6 is 0 Å². The van der Waals surface area contributed by atoms with Gasteiger partial charge in [-0.05, 0) is 25.0 Å². The van der Waals surface area contributed by atoms with Gasteiger partial charge in [-0.15, -0.1) is 0 Å². The number of amides is 1. The number of nitrogens with one attached hydrogen (secondary N) is 1. The molecule has 1 fully saturated rings. The van der Waals surface area contributed by atoms with Crippen LogP contribution in [-0.2, 0) is 0 Å². The van der Waals surface area contributed by atoms with Gasteiger partial charge in [0, 0.05) is 18.5 Å². The summed E-state index contributed by atoms with van der Waals surface area (Å²) < 4.78 is 55.1. The van der Waals surface area contributed by atoms with Crippen LogP contribution in [0.5, 0.6) is 17.2 Å². The lowest BCUT2D eigenvalue weighted by Crippen LogP contribution is -2.44. The average Bonchev–Trinajstić information content (AvgIpc) is 3.08. The highest BCUT2D eigenvalue weighted by molar-refractivity contribution is 6.01. The number of hydrogen-bond donors (Lipinski definition) is 1. The number of halogens is 3. The lowest BCUT2D eigenvalue weighted by molar-refractivity contribution is -0.184. The molecule has 2 aromatic rings. The van der Waals surface area contributed by atoms with Crippen LogP contribution < -0.4 is 14.2 Å². The van der Waals surface area contributed by atoms with Crippen LogP contribution in [0.4, 0.5) is 13.2 Å². The molecule has 148 valence electrons. The van der Waals surface area contributed by atoms with Crippen molar-refractivity contribution in [3.63, 3.8) is 0 Å². The fourth-order valence-electron chi connectivity index (χ4n) is 3.46. The summed E-state index contributed by atoms with van der Waals surface area (Å²) in [6.45, 7) is -0.0357. The van der Waals surface area contributed by atoms with E-state index >= 15 is 0 Å². The number of aromatic nitrogens is 1. The molecule has 0 spiro atoms. The minimum atomic E-state index is -4.30. The van der Waals surface area contributed by atoms with Crippen molar-refractivity contribution >= 4 is 16.8 Å². The number of likely N-dealkylation sites (tertiary alicyclic amines) is 1. The molecule has 1 aliphatic rings. The predicted molar refractivity (Wildman–Crippen MR) is 92.6 cm³/mol. The summed E-state index contributed by atoms with van der Waals surface area (Å²) in [7, 11) is 4.40. The quantitative estimate of drug-likeness (QED) is 0.872. The van der Waals surface area contributed by atoms with Crippen LogP contribution in [0.25, 0.3) is 10.9 Å². The molecule has 1 saturated heterocycles. The molecule has 0 saturated carbocycles. The van der Waals surface area contributed by atoms with Crippen LogP contribution in [0.3, 0.4) is 0 Å². The van der Waals surface area contributed by atoms with Gasteiger partial charge in [0.1, 0.15) is 5.69 Å². The van der Waals surface area contributed by atoms with Gasteiger partial charge in [0.15, 0.2) is 11.5 Å². The Balaban J connectivity index is 1.96. The molecule has 27 heavy (non-hydrogen) atoms. The van der Waals surface area contributed by atoms with Crippen molar-refractivity contribution in [2.45, 2.75) is 19.0 Å². The fraction of sp³-hybridized carbons (Fsp3) is 0.500. The van der Waals surface area contributed by atoms with Crippen molar-refractivity contribution in [3.8, 4) is 17.2 Å². The van der Waals surface area contributed by atoms with Gasteiger partial charge < -0.3 is 24.1 Å². The van der Waals surface area contributed by atoms with Gasteiger partial charge in [0.05, 0.1) is 32.8 Å². The largest absolute Gasteiger partial charge is 0.493 e. The zero-order valence-electron chi connectivity index (χ0n) is 15.3. The molecular weight excluding hydrogens is 365 g/mol. The van der Waals surface area contributed by atoms with Gasteiger partial charge in [-0.3, -0.25) is 4.79 Å². The highest BCUT2D eigenvalue weighted by Gasteiger charge is 2.43. The zero-order valence-corrected chi connectivity index (χ0v) is 15.3. The van der Waals surface area contributed by atoms with Gasteiger partial charge in [-0.1, -0.05) is 0 Å². The summed E-state index contributed by atoms with van der Waals surface area (Å²) in [6.07, 6.45) is -3.94. The van der Waals surface area contributed by atoms with Crippen LogP contribution in [-0.4, -0.2) is 56.4 Å². The molecule has 3 rings (SSSR count). The van der Waals surface area contributed by atoms with Crippen LogP contribution in [0.1, 0.15) is 23.3 Å². The first-order chi connectivity index (χ1) is 12.8. The van der Waals surface area contributed by atoms with Gasteiger partial charge in [-0.25, -0.2) is 0 Å². The number of H-pyrrole nitrogens is 1. The maximum absolute atomic E-state index is 13.0. The summed E-state index contributed by atoms with van der Waals surface area (Å²) in [6, 6.07) is 3.26. The second kappa shape index (κ2) is 7.21. The van der Waals surface area contributed by atoms with E-state index in [1.54, 1.807) is 12.1 Å². The number of methoxy groups -OCH3 is 3. The Morgan fingerprint density at radius 1 is 1.15 bits per heavy atom. The Morgan fingerprint density at radius 3 is 2.44 bits per heavy atom. The molecule has 1 N–H and O–H groups in total. The fourth-order valence-corrected chi connectivity index (χ4v) is 3.46. The molecule has 0 aliphatic carbocycles. The van der Waals surface area contributed by atoms with Crippen LogP contribution in [0.2, 0.25) is 0 Å². The standard InChI is InChI=1S/C18H21F3N2O4/c1-25-13-8-10-7-12(22-14(10)16(27-3)15(13)26-2)17(24)23-6-4-5-11(9-23)18(19,20)21/h7-8,11,22H,4-6,9H2,1-3H3. The Morgan fingerprint density at radius 2 is 1.85 bits per heavy atom. The molecule has 1 unspecified atom stereocenters. The topological polar surface area (TPSA) is 63.8 Å². The summed E-state index contributed by atoms with van der Waals surface area (Å²) in [4.78, 5) is 17.0. The first-order valence-corrected chi connectivity index (χ1v) is 8.47. The number of rotatable bonds is 4. The highest BCUT2D eigenvalue weighted by Crippen LogP contribution is 2.43. The predicted octanol–water partition coefficient (Wildman–Crippen LogP) is 3.61. The number of hydrogen-bond acceptors (Lipinski definition) is 4. The summed E-state index contributed by atoms with van der Waals surface area (Å²) in [5.41, 5.74) is 0.712. The number of carbonyl (C=O) groups is 1. The number of nitrogens with zero attached hydrogens (tertiary/aromatic N) is 1. The number of fused-ring (bicyclic) bond motifs is 1. The zero-order chi connectivity index (χ0) is 19.8. The van der Waals surface area contributed by atoms with Gasteiger partial charge in [0.25, 0.3) is 5.91 Å². The van der Waals surface area contributed by atoms with Crippen molar-refractivity contribution in [1.29, 1.82) is 0 Å². The van der Waals surface area contributed by atoms with Gasteiger partial charge in [-0.2, -0.15) is 13.2 Å². The molecule has 0 radical (unpaired) electrons. The third-order valence-corrected chi connectivity index (χ3v) is 4.82. The maximum Gasteiger partial charge on any atom is 0.393 e. The van der Waals surface area contributed by atoms with Crippen molar-refractivity contribution in [2.75, 3.05) is 34.4 Å². The first-order valence-electron chi connectivity index (χ1n) is 8.47. The molecule has 9 heteroatoms. The number of carbonyl (C=O) groups excluding carboxylic acids is 1. The Labute approximate surface area is 154 Å². The van der Waals surface area contributed by atoms with Crippen molar-refractivity contribution in [1.82, 2.24) is 9.88 Å². The minimum Gasteiger partial charge on any atom is -0.493 e. The van der Waals surface area contributed by atoms with Gasteiger partial charge >= 0.3 is 6.18 Å². The SMILES string of the molecule is COc1cc2cc(C(=O)N3CCCC(C(F)(F)F)C3)[nH]c2c(OC)c1OC. The molecule has 1 aromatic heterocycles. The third kappa shape index (κ3) is 3.50. The van der Waals surface area contributed by atoms with Crippen molar-refractivity contribution in [2.24, 2.45) is 5.92 Å². The molecule has 1 amide bonds. The van der Waals surface area contributed by atoms with E-state index in [2.05, 4.69) is 4.98 Å². The third-order valence-electron chi connectivity index (χ3n) is 4.82. The van der Waals surface area contributed by atoms with E-state index in [0.29, 0.717) is 41.1 Å². The summed E-state index contributed by atoms with van der Waals surface area (Å²) >= 11 is 0. The number of alkyl halides is 3. The lowest BCUT2D eigenvalue weighted by atomic mass is 9.97. The van der Waals surface area contributed by atoms with E-state index in [9.17, 15) is 18.0 Å². The van der Waals surface area contributed by atoms with E-state index in [0.717, 1.165) is 0 Å². The van der Waals surface area contributed by atoms with Gasteiger partial charge in [0.2, 0.25) is 5.75 Å². The number of piperidine rings is 1. The van der Waals surface area contributed by atoms with E-state index in [-0.39, 0.29) is 18.7 Å². The average molecular weight is 386 g/mol. The molecule has 1 aliphatic heterocycles. The molecule has 2 heterocycles. The maximum atomic E-state index is 13.0. The second-order valence-corrected chi connectivity index (χ2v) is 6.42. The van der Waals surface area contributed by atoms with E-state index in [1.807, 2.05) is 0 Å². The molecule has 6 nitrogen and oxygen atoms in total. The van der Waals surface area contributed by atoms with E-state index < -0.39 is 18.0 Å². The van der Waals surface area contributed by atoms with Crippen LogP contribution in [0, 0.1) is 5.92 Å². The molecular formula is C18H21F3N2O4. The molecule has 1 aromatic carbocycles. The van der Waals surface area contributed by atoms with Crippen molar-refractivity contribution < 1.29 is 32.2 Å². The minimum absolute atomic E-state index is 0.0439. The number of benzene rings is 1. The Hall–Kier alpha value is -2.58. The number of ether oxygens (including phenoxy) is 3. The molecule has 0 bridgehead atoms.